The predicted octanol–water partition coefficient (Wildman–Crippen LogP) is 3.58. The van der Waals surface area contributed by atoms with E-state index in [-0.39, 0.29) is 30.5 Å². The minimum atomic E-state index is -0.805. The van der Waals surface area contributed by atoms with Crippen LogP contribution in [0.5, 0.6) is 0 Å². The van der Waals surface area contributed by atoms with Crippen molar-refractivity contribution in [1.29, 1.82) is 0 Å². The number of carboxylic acid groups (broad SMARTS) is 1. The van der Waals surface area contributed by atoms with Gasteiger partial charge in [-0.05, 0) is 32.1 Å². The molecule has 5 nitrogen and oxygen atoms in total. The minimum absolute atomic E-state index is 0.0158. The van der Waals surface area contributed by atoms with Crippen LogP contribution in [-0.4, -0.2) is 39.3 Å². The molecule has 0 unspecified atom stereocenters. The lowest BCUT2D eigenvalue weighted by molar-refractivity contribution is -0.136. The number of Topliss-reactive ketones (excluding diaryl/α,β-unsaturated/α-hetero) is 1. The monoisotopic (exact) mass is 376 g/mol. The van der Waals surface area contributed by atoms with Crippen molar-refractivity contribution in [3.8, 4) is 0 Å². The Morgan fingerprint density at radius 3 is 2.63 bits per heavy atom. The zero-order valence-electron chi connectivity index (χ0n) is 16.0. The van der Waals surface area contributed by atoms with E-state index in [0.717, 1.165) is 6.42 Å². The van der Waals surface area contributed by atoms with Gasteiger partial charge in [0.25, 0.3) is 0 Å². The molecule has 0 aromatic heterocycles. The summed E-state index contributed by atoms with van der Waals surface area (Å²) in [5.74, 6) is -1.32. The molecule has 0 heterocycles. The maximum Gasteiger partial charge on any atom is 0.303 e. The van der Waals surface area contributed by atoms with Crippen molar-refractivity contribution < 1.29 is 24.9 Å². The van der Waals surface area contributed by atoms with E-state index in [9.17, 15) is 19.8 Å². The smallest absolute Gasteiger partial charge is 0.303 e. The predicted molar refractivity (Wildman–Crippen MR) is 106 cm³/mol. The summed E-state index contributed by atoms with van der Waals surface area (Å²) in [5.41, 5.74) is 0. The second kappa shape index (κ2) is 13.2. The molecule has 0 radical (unpaired) electrons. The third-order valence-electron chi connectivity index (χ3n) is 4.60. The summed E-state index contributed by atoms with van der Waals surface area (Å²) >= 11 is 0. The van der Waals surface area contributed by atoms with Crippen LogP contribution in [0.15, 0.2) is 48.6 Å². The molecule has 0 aromatic carbocycles. The lowest BCUT2D eigenvalue weighted by Crippen LogP contribution is -2.19. The van der Waals surface area contributed by atoms with E-state index in [1.165, 1.54) is 0 Å². The van der Waals surface area contributed by atoms with E-state index in [1.807, 2.05) is 43.4 Å². The molecule has 0 amide bonds. The molecule has 1 saturated carbocycles. The van der Waals surface area contributed by atoms with Crippen LogP contribution in [0.4, 0.5) is 0 Å². The Balaban J connectivity index is 2.48. The first-order valence-corrected chi connectivity index (χ1v) is 9.69. The number of aliphatic hydroxyl groups is 2. The number of aliphatic hydroxyl groups excluding tert-OH is 2. The van der Waals surface area contributed by atoms with Gasteiger partial charge in [-0.15, -0.1) is 0 Å². The molecule has 150 valence electrons. The SMILES string of the molecule is CC/C=C\C[C@@H](O)/C=C/[C@@H]1C(=O)C[C@H](O)[C@H]1C/C=C\C/C=C\CCC(=O)O. The van der Waals surface area contributed by atoms with Gasteiger partial charge in [0.2, 0.25) is 0 Å². The zero-order chi connectivity index (χ0) is 20.1. The van der Waals surface area contributed by atoms with Gasteiger partial charge in [-0.3, -0.25) is 9.59 Å². The molecule has 0 spiro atoms. The van der Waals surface area contributed by atoms with E-state index in [4.69, 9.17) is 5.11 Å². The minimum Gasteiger partial charge on any atom is -0.481 e. The Morgan fingerprint density at radius 2 is 1.93 bits per heavy atom. The number of rotatable bonds is 12. The molecule has 3 N–H and O–H groups in total. The summed E-state index contributed by atoms with van der Waals surface area (Å²) in [6.45, 7) is 2.03. The van der Waals surface area contributed by atoms with Crippen molar-refractivity contribution in [1.82, 2.24) is 0 Å². The fourth-order valence-electron chi connectivity index (χ4n) is 3.10. The number of hydrogen-bond acceptors (Lipinski definition) is 4. The quantitative estimate of drug-likeness (QED) is 0.453. The van der Waals surface area contributed by atoms with E-state index in [2.05, 4.69) is 0 Å². The highest BCUT2D eigenvalue weighted by atomic mass is 16.4. The van der Waals surface area contributed by atoms with E-state index in [0.29, 0.717) is 25.7 Å². The summed E-state index contributed by atoms with van der Waals surface area (Å²) in [6, 6.07) is 0. The number of aliphatic carboxylic acids is 1. The number of carbonyl (C=O) groups excluding carboxylic acids is 1. The molecule has 4 atom stereocenters. The van der Waals surface area contributed by atoms with Gasteiger partial charge in [-0.25, -0.2) is 0 Å². The average Bonchev–Trinajstić information content (AvgIpc) is 2.88. The fraction of sp³-hybridized carbons (Fsp3) is 0.545. The third-order valence-corrected chi connectivity index (χ3v) is 4.60. The molecule has 0 saturated heterocycles. The van der Waals surface area contributed by atoms with Gasteiger partial charge in [0.1, 0.15) is 5.78 Å². The third kappa shape index (κ3) is 9.50. The zero-order valence-corrected chi connectivity index (χ0v) is 16.0. The number of carboxylic acids is 1. The first-order valence-electron chi connectivity index (χ1n) is 9.69. The number of allylic oxidation sites excluding steroid dienone is 6. The lowest BCUT2D eigenvalue weighted by Gasteiger charge is -2.16. The number of ketones is 1. The van der Waals surface area contributed by atoms with E-state index < -0.39 is 18.2 Å². The molecule has 5 heteroatoms. The van der Waals surface area contributed by atoms with Gasteiger partial charge >= 0.3 is 5.97 Å². The van der Waals surface area contributed by atoms with Crippen molar-refractivity contribution in [2.75, 3.05) is 0 Å². The molecule has 1 rings (SSSR count). The number of carbonyl (C=O) groups is 2. The van der Waals surface area contributed by atoms with Crippen LogP contribution in [-0.2, 0) is 9.59 Å². The average molecular weight is 376 g/mol. The Bertz CT molecular complexity index is 573. The molecule has 1 aliphatic carbocycles. The second-order valence-corrected chi connectivity index (χ2v) is 6.84. The summed E-state index contributed by atoms with van der Waals surface area (Å²) in [7, 11) is 0. The standard InChI is InChI=1S/C22H32O5/c1-2-3-8-11-17(23)14-15-19-18(20(24)16-21(19)25)12-9-6-4-5-7-10-13-22(26)27/h3,5-9,14-15,17-20,23-24H,2,4,10-13,16H2,1H3,(H,26,27)/b7-5-,8-3-,9-6-,15-14+/t17-,18+,19+,20+/m1/s1. The number of hydrogen-bond donors (Lipinski definition) is 3. The van der Waals surface area contributed by atoms with Crippen LogP contribution in [0.1, 0.15) is 51.9 Å². The van der Waals surface area contributed by atoms with Crippen LogP contribution in [0.25, 0.3) is 0 Å². The molecule has 1 aliphatic rings. The lowest BCUT2D eigenvalue weighted by atomic mass is 9.90. The maximum atomic E-state index is 12.1. The van der Waals surface area contributed by atoms with Gasteiger partial charge in [-0.2, -0.15) is 0 Å². The van der Waals surface area contributed by atoms with Crippen LogP contribution < -0.4 is 0 Å². The highest BCUT2D eigenvalue weighted by Gasteiger charge is 2.39. The van der Waals surface area contributed by atoms with E-state index in [1.54, 1.807) is 12.2 Å². The van der Waals surface area contributed by atoms with Gasteiger partial charge < -0.3 is 15.3 Å². The summed E-state index contributed by atoms with van der Waals surface area (Å²) in [6.07, 6.45) is 17.2. The molecule has 0 aromatic rings. The maximum absolute atomic E-state index is 12.1. The highest BCUT2D eigenvalue weighted by molar-refractivity contribution is 5.86. The summed E-state index contributed by atoms with van der Waals surface area (Å²) in [4.78, 5) is 22.5. The van der Waals surface area contributed by atoms with Gasteiger partial charge in [0.15, 0.2) is 0 Å². The topological polar surface area (TPSA) is 94.8 Å². The van der Waals surface area contributed by atoms with Crippen molar-refractivity contribution in [3.63, 3.8) is 0 Å². The Morgan fingerprint density at radius 1 is 1.19 bits per heavy atom. The van der Waals surface area contributed by atoms with Gasteiger partial charge in [-0.1, -0.05) is 55.5 Å². The van der Waals surface area contributed by atoms with Gasteiger partial charge in [0.05, 0.1) is 12.2 Å². The van der Waals surface area contributed by atoms with Crippen molar-refractivity contribution in [2.45, 2.75) is 64.1 Å². The van der Waals surface area contributed by atoms with Crippen LogP contribution in [0, 0.1) is 11.8 Å². The summed E-state index contributed by atoms with van der Waals surface area (Å²) < 4.78 is 0. The Hall–Kier alpha value is -1.98. The van der Waals surface area contributed by atoms with E-state index >= 15 is 0 Å². The first-order chi connectivity index (χ1) is 13.0. The Kier molecular flexibility index (Phi) is 11.3. The molecule has 1 fully saturated rings. The largest absolute Gasteiger partial charge is 0.481 e. The molecular formula is C22H32O5. The highest BCUT2D eigenvalue weighted by Crippen LogP contribution is 2.33. The molecule has 27 heavy (non-hydrogen) atoms. The molecule has 0 aliphatic heterocycles. The first kappa shape index (κ1) is 23.1. The van der Waals surface area contributed by atoms with Gasteiger partial charge in [0, 0.05) is 24.7 Å². The van der Waals surface area contributed by atoms with Crippen molar-refractivity contribution >= 4 is 11.8 Å². The molecule has 0 bridgehead atoms. The second-order valence-electron chi connectivity index (χ2n) is 6.84. The fourth-order valence-corrected chi connectivity index (χ4v) is 3.10. The normalized spacial score (nSPS) is 24.9. The van der Waals surface area contributed by atoms with Crippen LogP contribution in [0.2, 0.25) is 0 Å². The summed E-state index contributed by atoms with van der Waals surface area (Å²) in [5, 5.41) is 28.7. The van der Waals surface area contributed by atoms with Crippen LogP contribution in [0.3, 0.4) is 0 Å². The van der Waals surface area contributed by atoms with Crippen LogP contribution >= 0.6 is 0 Å². The van der Waals surface area contributed by atoms with Crippen molar-refractivity contribution in [2.24, 2.45) is 11.8 Å². The Labute approximate surface area is 161 Å². The molecular weight excluding hydrogens is 344 g/mol. The van der Waals surface area contributed by atoms with Crippen molar-refractivity contribution in [3.05, 3.63) is 48.6 Å².